The molecule has 0 aliphatic heterocycles. The van der Waals surface area contributed by atoms with E-state index in [9.17, 15) is 4.21 Å². The van der Waals surface area contributed by atoms with Crippen molar-refractivity contribution >= 4 is 27.4 Å². The summed E-state index contributed by atoms with van der Waals surface area (Å²) in [6, 6.07) is 8.15. The van der Waals surface area contributed by atoms with Crippen LogP contribution in [0.4, 0.5) is 5.69 Å². The molecule has 0 aliphatic carbocycles. The van der Waals surface area contributed by atoms with Gasteiger partial charge in [0.15, 0.2) is 0 Å². The van der Waals surface area contributed by atoms with Gasteiger partial charge in [0, 0.05) is 46.6 Å². The van der Waals surface area contributed by atoms with Gasteiger partial charge in [-0.05, 0) is 25.1 Å². The predicted octanol–water partition coefficient (Wildman–Crippen LogP) is 2.33. The minimum Gasteiger partial charge on any atom is -0.384 e. The van der Waals surface area contributed by atoms with E-state index in [0.29, 0.717) is 5.75 Å². The molecule has 1 atom stereocenters. The van der Waals surface area contributed by atoms with Crippen molar-refractivity contribution in [3.63, 3.8) is 0 Å². The molecular weight excluding hydrogens is 232 g/mol. The molecule has 1 unspecified atom stereocenters. The van der Waals surface area contributed by atoms with Gasteiger partial charge in [0.1, 0.15) is 0 Å². The van der Waals surface area contributed by atoms with Crippen molar-refractivity contribution in [3.8, 4) is 0 Å². The molecule has 90 valence electrons. The third kappa shape index (κ3) is 3.03. The van der Waals surface area contributed by atoms with Crippen molar-refractivity contribution < 1.29 is 4.21 Å². The first-order valence-electron chi connectivity index (χ1n) is 5.56. The Bertz CT molecular complexity index is 554. The monoisotopic (exact) mass is 248 g/mol. The van der Waals surface area contributed by atoms with E-state index in [1.165, 1.54) is 5.56 Å². The van der Waals surface area contributed by atoms with E-state index >= 15 is 0 Å². The highest BCUT2D eigenvalue weighted by Gasteiger charge is 2.01. The molecule has 0 aliphatic rings. The summed E-state index contributed by atoms with van der Waals surface area (Å²) in [5.74, 6) is 0.662. The Balaban J connectivity index is 2.27. The maximum atomic E-state index is 11.0. The normalized spacial score (nSPS) is 12.6. The number of rotatable bonds is 4. The van der Waals surface area contributed by atoms with E-state index in [1.54, 1.807) is 12.5 Å². The van der Waals surface area contributed by atoms with Gasteiger partial charge in [-0.3, -0.25) is 9.19 Å². The lowest BCUT2D eigenvalue weighted by Crippen LogP contribution is -2.10. The number of hydrogen-bond donors (Lipinski definition) is 1. The van der Waals surface area contributed by atoms with Crippen LogP contribution in [0.25, 0.3) is 10.9 Å². The fraction of sp³-hybridized carbons (Fsp3) is 0.308. The number of benzene rings is 1. The minimum absolute atomic E-state index is 0.662. The Morgan fingerprint density at radius 1 is 1.35 bits per heavy atom. The Labute approximate surface area is 104 Å². The molecule has 17 heavy (non-hydrogen) atoms. The van der Waals surface area contributed by atoms with Crippen molar-refractivity contribution in [2.45, 2.75) is 6.92 Å². The van der Waals surface area contributed by atoms with Crippen LogP contribution in [0.15, 0.2) is 30.5 Å². The molecule has 0 radical (unpaired) electrons. The Morgan fingerprint density at radius 3 is 2.94 bits per heavy atom. The van der Waals surface area contributed by atoms with E-state index in [2.05, 4.69) is 29.4 Å². The smallest absolute Gasteiger partial charge is 0.0722 e. The third-order valence-electron chi connectivity index (χ3n) is 2.60. The number of pyridine rings is 1. The van der Waals surface area contributed by atoms with E-state index in [0.717, 1.165) is 23.1 Å². The van der Waals surface area contributed by atoms with Crippen molar-refractivity contribution in [1.82, 2.24) is 4.98 Å². The number of aromatic nitrogens is 1. The molecule has 0 fully saturated rings. The molecule has 0 bridgehead atoms. The predicted molar refractivity (Wildman–Crippen MR) is 73.9 cm³/mol. The first-order chi connectivity index (χ1) is 8.16. The highest BCUT2D eigenvalue weighted by molar-refractivity contribution is 7.84. The largest absolute Gasteiger partial charge is 0.384 e. The first kappa shape index (κ1) is 12.0. The zero-order valence-corrected chi connectivity index (χ0v) is 10.9. The quantitative estimate of drug-likeness (QED) is 0.903. The zero-order chi connectivity index (χ0) is 12.3. The molecule has 1 aromatic carbocycles. The number of nitrogens with zero attached hydrogens (tertiary/aromatic N) is 1. The van der Waals surface area contributed by atoms with Crippen LogP contribution < -0.4 is 5.32 Å². The summed E-state index contributed by atoms with van der Waals surface area (Å²) >= 11 is 0. The number of fused-ring (bicyclic) bond motifs is 1. The highest BCUT2D eigenvalue weighted by atomic mass is 32.2. The summed E-state index contributed by atoms with van der Waals surface area (Å²) in [7, 11) is -0.755. The standard InChI is InChI=1S/C13H16N2OS/c1-10-3-4-12-11(9-10)13(5-6-14-12)15-7-8-17(2)16/h3-6,9H,7-8H2,1-2H3,(H,14,15). The van der Waals surface area contributed by atoms with Gasteiger partial charge in [0.05, 0.1) is 5.52 Å². The second-order valence-corrected chi connectivity index (χ2v) is 5.64. The average Bonchev–Trinajstić information content (AvgIpc) is 2.29. The maximum absolute atomic E-state index is 11.0. The SMILES string of the molecule is Cc1ccc2nccc(NCCS(C)=O)c2c1. The van der Waals surface area contributed by atoms with Crippen LogP contribution in [-0.2, 0) is 10.8 Å². The van der Waals surface area contributed by atoms with Gasteiger partial charge in [0.25, 0.3) is 0 Å². The highest BCUT2D eigenvalue weighted by Crippen LogP contribution is 2.22. The lowest BCUT2D eigenvalue weighted by atomic mass is 10.1. The van der Waals surface area contributed by atoms with Crippen LogP contribution in [0, 0.1) is 6.92 Å². The minimum atomic E-state index is -0.755. The molecule has 0 spiro atoms. The molecule has 2 aromatic rings. The molecule has 0 saturated carbocycles. The van der Waals surface area contributed by atoms with Crippen molar-refractivity contribution in [1.29, 1.82) is 0 Å². The van der Waals surface area contributed by atoms with Gasteiger partial charge in [-0.2, -0.15) is 0 Å². The topological polar surface area (TPSA) is 42.0 Å². The zero-order valence-electron chi connectivity index (χ0n) is 10.1. The summed E-state index contributed by atoms with van der Waals surface area (Å²) in [4.78, 5) is 4.33. The van der Waals surface area contributed by atoms with Gasteiger partial charge in [-0.1, -0.05) is 11.6 Å². The van der Waals surface area contributed by atoms with Gasteiger partial charge < -0.3 is 5.32 Å². The van der Waals surface area contributed by atoms with Crippen LogP contribution in [0.1, 0.15) is 5.56 Å². The molecule has 0 amide bonds. The van der Waals surface area contributed by atoms with Crippen molar-refractivity contribution in [2.24, 2.45) is 0 Å². The number of nitrogens with one attached hydrogen (secondary N) is 1. The second-order valence-electron chi connectivity index (χ2n) is 4.08. The molecule has 1 N–H and O–H groups in total. The van der Waals surface area contributed by atoms with Crippen LogP contribution in [-0.4, -0.2) is 27.7 Å². The van der Waals surface area contributed by atoms with Crippen molar-refractivity contribution in [2.75, 3.05) is 23.9 Å². The van der Waals surface area contributed by atoms with E-state index in [1.807, 2.05) is 12.1 Å². The van der Waals surface area contributed by atoms with E-state index in [-0.39, 0.29) is 0 Å². The van der Waals surface area contributed by atoms with Crippen LogP contribution in [0.5, 0.6) is 0 Å². The van der Waals surface area contributed by atoms with Gasteiger partial charge in [-0.15, -0.1) is 0 Å². The number of hydrogen-bond acceptors (Lipinski definition) is 3. The fourth-order valence-corrected chi connectivity index (χ4v) is 2.13. The summed E-state index contributed by atoms with van der Waals surface area (Å²) in [6.45, 7) is 2.79. The van der Waals surface area contributed by atoms with Crippen LogP contribution in [0.2, 0.25) is 0 Å². The molecule has 3 nitrogen and oxygen atoms in total. The molecular formula is C13H16N2OS. The van der Waals surface area contributed by atoms with Crippen molar-refractivity contribution in [3.05, 3.63) is 36.0 Å². The van der Waals surface area contributed by atoms with E-state index in [4.69, 9.17) is 0 Å². The number of anilines is 1. The van der Waals surface area contributed by atoms with E-state index < -0.39 is 10.8 Å². The molecule has 1 heterocycles. The summed E-state index contributed by atoms with van der Waals surface area (Å²) in [6.07, 6.45) is 3.51. The Kier molecular flexibility index (Phi) is 3.74. The maximum Gasteiger partial charge on any atom is 0.0722 e. The summed E-state index contributed by atoms with van der Waals surface area (Å²) in [5.41, 5.74) is 3.26. The average molecular weight is 248 g/mol. The molecule has 1 aromatic heterocycles. The van der Waals surface area contributed by atoms with Gasteiger partial charge >= 0.3 is 0 Å². The number of aryl methyl sites for hydroxylation is 1. The Morgan fingerprint density at radius 2 is 2.18 bits per heavy atom. The molecule has 2 rings (SSSR count). The first-order valence-corrected chi connectivity index (χ1v) is 7.29. The molecule has 0 saturated heterocycles. The molecule has 4 heteroatoms. The summed E-state index contributed by atoms with van der Waals surface area (Å²) < 4.78 is 11.0. The van der Waals surface area contributed by atoms with Gasteiger partial charge in [0.2, 0.25) is 0 Å². The summed E-state index contributed by atoms with van der Waals surface area (Å²) in [5, 5.41) is 4.43. The Hall–Kier alpha value is -1.42. The third-order valence-corrected chi connectivity index (χ3v) is 3.38. The fourth-order valence-electron chi connectivity index (χ4n) is 1.74. The van der Waals surface area contributed by atoms with Crippen LogP contribution >= 0.6 is 0 Å². The lowest BCUT2D eigenvalue weighted by Gasteiger charge is -2.09. The lowest BCUT2D eigenvalue weighted by molar-refractivity contribution is 0.687. The second kappa shape index (κ2) is 5.27. The van der Waals surface area contributed by atoms with Gasteiger partial charge in [-0.25, -0.2) is 0 Å². The van der Waals surface area contributed by atoms with Crippen LogP contribution in [0.3, 0.4) is 0 Å².